The van der Waals surface area contributed by atoms with E-state index in [9.17, 15) is 9.59 Å². The number of para-hydroxylation sites is 1. The van der Waals surface area contributed by atoms with E-state index in [4.69, 9.17) is 9.47 Å². The summed E-state index contributed by atoms with van der Waals surface area (Å²) in [6, 6.07) is 8.25. The van der Waals surface area contributed by atoms with Gasteiger partial charge in [-0.05, 0) is 30.9 Å². The number of hydrogen-bond donors (Lipinski definition) is 1. The quantitative estimate of drug-likeness (QED) is 0.103. The highest BCUT2D eigenvalue weighted by molar-refractivity contribution is 8.77. The van der Waals surface area contributed by atoms with Crippen LogP contribution in [-0.4, -0.2) is 77.7 Å². The summed E-state index contributed by atoms with van der Waals surface area (Å²) in [5, 5.41) is 1.22. The second-order valence-corrected chi connectivity index (χ2v) is 13.6. The van der Waals surface area contributed by atoms with E-state index in [1.54, 1.807) is 21.6 Å². The van der Waals surface area contributed by atoms with Gasteiger partial charge in [-0.2, -0.15) is 0 Å². The maximum atomic E-state index is 12.3. The predicted molar refractivity (Wildman–Crippen MR) is 160 cm³/mol. The predicted octanol–water partition coefficient (Wildman–Crippen LogP) is 6.46. The van der Waals surface area contributed by atoms with Gasteiger partial charge in [0, 0.05) is 59.7 Å². The average molecular weight is 573 g/mol. The van der Waals surface area contributed by atoms with Gasteiger partial charge in [0.2, 0.25) is 0 Å². The van der Waals surface area contributed by atoms with Crippen molar-refractivity contribution in [2.24, 2.45) is 0 Å². The van der Waals surface area contributed by atoms with E-state index in [0.29, 0.717) is 39.1 Å². The molecule has 202 valence electrons. The molecular weight excluding hydrogens is 533 g/mol. The Morgan fingerprint density at radius 3 is 1.94 bits per heavy atom. The van der Waals surface area contributed by atoms with Crippen LogP contribution in [0.2, 0.25) is 0 Å². The first-order valence-corrected chi connectivity index (χ1v) is 17.7. The number of fused-ring (bicyclic) bond motifs is 1. The summed E-state index contributed by atoms with van der Waals surface area (Å²) in [4.78, 5) is 30.0. The Morgan fingerprint density at radius 2 is 1.36 bits per heavy atom. The topological polar surface area (TPSA) is 71.6 Å². The number of carbonyl (C=O) groups excluding carboxylic acids is 2. The summed E-state index contributed by atoms with van der Waals surface area (Å²) >= 11 is 0. The monoisotopic (exact) mass is 572 g/mol. The van der Waals surface area contributed by atoms with Crippen LogP contribution >= 0.6 is 43.2 Å². The Kier molecular flexibility index (Phi) is 17.4. The summed E-state index contributed by atoms with van der Waals surface area (Å²) < 4.78 is 10.8. The van der Waals surface area contributed by atoms with Crippen molar-refractivity contribution in [3.05, 3.63) is 36.0 Å². The largest absolute Gasteiger partial charge is 0.465 e. The lowest BCUT2D eigenvalue weighted by molar-refractivity contribution is -0.143. The lowest BCUT2D eigenvalue weighted by Crippen LogP contribution is -2.31. The van der Waals surface area contributed by atoms with Gasteiger partial charge in [0.05, 0.1) is 12.8 Å². The maximum Gasteiger partial charge on any atom is 0.307 e. The number of carbonyl (C=O) groups is 2. The molecule has 0 aliphatic carbocycles. The van der Waals surface area contributed by atoms with E-state index in [0.717, 1.165) is 54.3 Å². The van der Waals surface area contributed by atoms with Crippen LogP contribution in [0.5, 0.6) is 0 Å². The van der Waals surface area contributed by atoms with Crippen LogP contribution in [0, 0.1) is 0 Å². The number of aromatic nitrogens is 1. The Bertz CT molecular complexity index is 849. The van der Waals surface area contributed by atoms with Crippen LogP contribution < -0.4 is 0 Å². The van der Waals surface area contributed by atoms with E-state index in [2.05, 4.69) is 35.9 Å². The number of ether oxygens (including phenoxy) is 2. The van der Waals surface area contributed by atoms with E-state index in [-0.39, 0.29) is 11.9 Å². The molecular formula is C26H40N2O4S4. The van der Waals surface area contributed by atoms with Crippen LogP contribution in [0.25, 0.3) is 10.9 Å². The second kappa shape index (κ2) is 20.1. The number of nitrogens with zero attached hydrogens (tertiary/aromatic N) is 1. The molecule has 0 aliphatic rings. The Labute approximate surface area is 231 Å². The molecule has 6 nitrogen and oxygen atoms in total. The molecule has 0 radical (unpaired) electrons. The van der Waals surface area contributed by atoms with Crippen molar-refractivity contribution in [3.8, 4) is 0 Å². The van der Waals surface area contributed by atoms with E-state index in [1.165, 1.54) is 10.9 Å². The van der Waals surface area contributed by atoms with E-state index in [1.807, 2.05) is 39.9 Å². The minimum absolute atomic E-state index is 0.183. The van der Waals surface area contributed by atoms with E-state index < -0.39 is 0 Å². The van der Waals surface area contributed by atoms with Crippen LogP contribution in [0.15, 0.2) is 30.5 Å². The Balaban J connectivity index is 1.77. The van der Waals surface area contributed by atoms with Gasteiger partial charge in [-0.1, -0.05) is 75.2 Å². The minimum Gasteiger partial charge on any atom is -0.465 e. The molecule has 1 aromatic heterocycles. The maximum absolute atomic E-state index is 12.3. The standard InChI is InChI=1S/C26H40N2O4S4/c1-3-17-33-35-19-15-31-25(29)10-13-28(14-11-26(30)32-16-20-36-34-18-4-2)12-9-22-21-27-24-8-6-5-7-23(22)24/h5-8,21,27H,3-4,9-20H2,1-2H3. The molecule has 1 aromatic carbocycles. The molecule has 0 amide bonds. The molecule has 2 rings (SSSR count). The lowest BCUT2D eigenvalue weighted by atomic mass is 10.1. The summed E-state index contributed by atoms with van der Waals surface area (Å²) in [5.74, 6) is 3.48. The van der Waals surface area contributed by atoms with Gasteiger partial charge in [0.25, 0.3) is 0 Å². The van der Waals surface area contributed by atoms with E-state index >= 15 is 0 Å². The van der Waals surface area contributed by atoms with Crippen molar-refractivity contribution in [1.29, 1.82) is 0 Å². The van der Waals surface area contributed by atoms with Gasteiger partial charge in [-0.15, -0.1) is 0 Å². The lowest BCUT2D eigenvalue weighted by Gasteiger charge is -2.21. The molecule has 0 saturated heterocycles. The van der Waals surface area contributed by atoms with Crippen molar-refractivity contribution in [2.45, 2.75) is 46.0 Å². The fourth-order valence-corrected chi connectivity index (χ4v) is 7.31. The number of aromatic amines is 1. The first-order valence-electron chi connectivity index (χ1n) is 12.7. The van der Waals surface area contributed by atoms with Crippen LogP contribution in [0.4, 0.5) is 0 Å². The Morgan fingerprint density at radius 1 is 0.806 bits per heavy atom. The third kappa shape index (κ3) is 13.6. The van der Waals surface area contributed by atoms with Gasteiger partial charge in [0.1, 0.15) is 13.2 Å². The van der Waals surface area contributed by atoms with Crippen molar-refractivity contribution >= 4 is 66.0 Å². The SMILES string of the molecule is CCCSSCCOC(=O)CCN(CCC(=O)OCCSSCCC)CCc1c[nH]c2ccccc12. The highest BCUT2D eigenvalue weighted by atomic mass is 33.1. The molecule has 0 atom stereocenters. The number of hydrogen-bond acceptors (Lipinski definition) is 9. The number of nitrogens with one attached hydrogen (secondary N) is 1. The van der Waals surface area contributed by atoms with Gasteiger partial charge in [-0.25, -0.2) is 0 Å². The summed E-state index contributed by atoms with van der Waals surface area (Å²) in [5.41, 5.74) is 2.36. The van der Waals surface area contributed by atoms with Gasteiger partial charge < -0.3 is 19.4 Å². The number of H-pyrrole nitrogens is 1. The van der Waals surface area contributed by atoms with Crippen molar-refractivity contribution in [3.63, 3.8) is 0 Å². The second-order valence-electron chi connectivity index (χ2n) is 8.18. The van der Waals surface area contributed by atoms with Crippen LogP contribution in [-0.2, 0) is 25.5 Å². The number of esters is 2. The molecule has 0 aliphatic heterocycles. The molecule has 0 unspecified atom stereocenters. The normalized spacial score (nSPS) is 11.3. The van der Waals surface area contributed by atoms with Crippen molar-refractivity contribution in [2.75, 3.05) is 55.9 Å². The van der Waals surface area contributed by atoms with Gasteiger partial charge in [0.15, 0.2) is 0 Å². The summed E-state index contributed by atoms with van der Waals surface area (Å²) in [6.45, 7) is 7.09. The first-order chi connectivity index (χ1) is 17.6. The van der Waals surface area contributed by atoms with Crippen molar-refractivity contribution in [1.82, 2.24) is 9.88 Å². The zero-order valence-corrected chi connectivity index (χ0v) is 24.8. The van der Waals surface area contributed by atoms with Crippen LogP contribution in [0.3, 0.4) is 0 Å². The fourth-order valence-electron chi connectivity index (χ4n) is 3.38. The molecule has 2 aromatic rings. The summed E-state index contributed by atoms with van der Waals surface area (Å²) in [7, 11) is 7.13. The molecule has 10 heteroatoms. The molecule has 0 bridgehead atoms. The van der Waals surface area contributed by atoms with Crippen LogP contribution in [0.1, 0.15) is 45.1 Å². The Hall–Kier alpha value is -0.940. The molecule has 0 saturated carbocycles. The first kappa shape index (κ1) is 31.3. The average Bonchev–Trinajstić information content (AvgIpc) is 3.30. The molecule has 1 heterocycles. The molecule has 0 fully saturated rings. The highest BCUT2D eigenvalue weighted by Gasteiger charge is 2.14. The third-order valence-corrected chi connectivity index (χ3v) is 10.4. The zero-order valence-electron chi connectivity index (χ0n) is 21.5. The van der Waals surface area contributed by atoms with Gasteiger partial charge in [-0.3, -0.25) is 9.59 Å². The summed E-state index contributed by atoms with van der Waals surface area (Å²) in [6.07, 6.45) is 5.83. The highest BCUT2D eigenvalue weighted by Crippen LogP contribution is 2.22. The molecule has 0 spiro atoms. The molecule has 36 heavy (non-hydrogen) atoms. The minimum atomic E-state index is -0.183. The third-order valence-electron chi connectivity index (χ3n) is 5.24. The number of benzene rings is 1. The van der Waals surface area contributed by atoms with Gasteiger partial charge >= 0.3 is 11.9 Å². The zero-order chi connectivity index (χ0) is 25.8. The van der Waals surface area contributed by atoms with Crippen molar-refractivity contribution < 1.29 is 19.1 Å². The molecule has 1 N–H and O–H groups in total. The number of rotatable bonds is 21. The fraction of sp³-hybridized carbons (Fsp3) is 0.615. The smallest absolute Gasteiger partial charge is 0.307 e.